The highest BCUT2D eigenvalue weighted by molar-refractivity contribution is 7.93. The lowest BCUT2D eigenvalue weighted by Crippen LogP contribution is -2.68. The number of hydrogen-bond donors (Lipinski definition) is 2. The zero-order valence-corrected chi connectivity index (χ0v) is 19.6. The summed E-state index contributed by atoms with van der Waals surface area (Å²) in [4.78, 5) is 29.0. The molecule has 3 fully saturated rings. The SMILES string of the molecule is NC1(C(=O)N2CCN(C(=O)c3ccc(-c4cccc(NS(=O)(=O)C5CC5)c4)cc3)CC2)COC1. The highest BCUT2D eigenvalue weighted by Crippen LogP contribution is 2.31. The van der Waals surface area contributed by atoms with Crippen molar-refractivity contribution in [3.05, 3.63) is 54.1 Å². The van der Waals surface area contributed by atoms with E-state index < -0.39 is 15.6 Å². The van der Waals surface area contributed by atoms with Crippen LogP contribution in [-0.2, 0) is 19.6 Å². The van der Waals surface area contributed by atoms with Crippen molar-refractivity contribution >= 4 is 27.5 Å². The van der Waals surface area contributed by atoms with Gasteiger partial charge < -0.3 is 20.3 Å². The van der Waals surface area contributed by atoms with Gasteiger partial charge in [-0.1, -0.05) is 24.3 Å². The summed E-state index contributed by atoms with van der Waals surface area (Å²) in [6.07, 6.45) is 1.41. The van der Waals surface area contributed by atoms with E-state index in [1.165, 1.54) is 0 Å². The maximum absolute atomic E-state index is 13.0. The van der Waals surface area contributed by atoms with Gasteiger partial charge in [0.05, 0.1) is 18.5 Å². The number of benzene rings is 2. The molecule has 2 saturated heterocycles. The van der Waals surface area contributed by atoms with Crippen LogP contribution in [-0.4, -0.2) is 80.2 Å². The van der Waals surface area contributed by atoms with Crippen molar-refractivity contribution in [1.82, 2.24) is 9.80 Å². The van der Waals surface area contributed by atoms with Crippen LogP contribution in [0.1, 0.15) is 23.2 Å². The van der Waals surface area contributed by atoms with Gasteiger partial charge in [0.25, 0.3) is 5.91 Å². The number of nitrogens with two attached hydrogens (primary N) is 1. The van der Waals surface area contributed by atoms with Crippen LogP contribution in [0.3, 0.4) is 0 Å². The van der Waals surface area contributed by atoms with Gasteiger partial charge in [0.1, 0.15) is 5.54 Å². The number of ether oxygens (including phenoxy) is 1. The first-order valence-electron chi connectivity index (χ1n) is 11.4. The molecular weight excluding hydrogens is 456 g/mol. The summed E-state index contributed by atoms with van der Waals surface area (Å²) >= 11 is 0. The summed E-state index contributed by atoms with van der Waals surface area (Å²) in [6, 6.07) is 14.5. The quantitative estimate of drug-likeness (QED) is 0.637. The van der Waals surface area contributed by atoms with E-state index in [1.54, 1.807) is 40.1 Å². The smallest absolute Gasteiger partial charge is 0.253 e. The van der Waals surface area contributed by atoms with Gasteiger partial charge in [-0.3, -0.25) is 14.3 Å². The highest BCUT2D eigenvalue weighted by Gasteiger charge is 2.45. The second-order valence-electron chi connectivity index (χ2n) is 9.24. The molecule has 2 aromatic carbocycles. The van der Waals surface area contributed by atoms with Gasteiger partial charge in [-0.05, 0) is 48.2 Å². The van der Waals surface area contributed by atoms with E-state index in [-0.39, 0.29) is 30.3 Å². The average molecular weight is 485 g/mol. The third-order valence-corrected chi connectivity index (χ3v) is 8.42. The van der Waals surface area contributed by atoms with Gasteiger partial charge >= 0.3 is 0 Å². The van der Waals surface area contributed by atoms with Gasteiger partial charge in [0.15, 0.2) is 0 Å². The topological polar surface area (TPSA) is 122 Å². The Morgan fingerprint density at radius 3 is 2.18 bits per heavy atom. The minimum absolute atomic E-state index is 0.0842. The van der Waals surface area contributed by atoms with Crippen molar-refractivity contribution in [2.75, 3.05) is 44.1 Å². The van der Waals surface area contributed by atoms with Crippen LogP contribution in [0.5, 0.6) is 0 Å². The predicted molar refractivity (Wildman–Crippen MR) is 128 cm³/mol. The molecule has 0 atom stereocenters. The summed E-state index contributed by atoms with van der Waals surface area (Å²) in [5, 5.41) is -0.287. The van der Waals surface area contributed by atoms with Crippen LogP contribution < -0.4 is 10.5 Å². The van der Waals surface area contributed by atoms with Crippen LogP contribution in [0.25, 0.3) is 11.1 Å². The van der Waals surface area contributed by atoms with Gasteiger partial charge in [0, 0.05) is 37.4 Å². The lowest BCUT2D eigenvalue weighted by Gasteiger charge is -2.43. The van der Waals surface area contributed by atoms with Crippen LogP contribution in [0.2, 0.25) is 0 Å². The Hall–Kier alpha value is -2.95. The Morgan fingerprint density at radius 2 is 1.59 bits per heavy atom. The first kappa shape index (κ1) is 22.8. The fourth-order valence-corrected chi connectivity index (χ4v) is 5.63. The van der Waals surface area contributed by atoms with Crippen molar-refractivity contribution in [1.29, 1.82) is 0 Å². The molecule has 2 aliphatic heterocycles. The van der Waals surface area contributed by atoms with E-state index >= 15 is 0 Å². The van der Waals surface area contributed by atoms with Crippen LogP contribution in [0.15, 0.2) is 48.5 Å². The lowest BCUT2D eigenvalue weighted by molar-refractivity contribution is -0.155. The van der Waals surface area contributed by atoms with Crippen molar-refractivity contribution in [3.63, 3.8) is 0 Å². The summed E-state index contributed by atoms with van der Waals surface area (Å²) in [6.45, 7) is 2.29. The number of nitrogens with zero attached hydrogens (tertiary/aromatic N) is 2. The first-order valence-corrected chi connectivity index (χ1v) is 13.0. The number of nitrogens with one attached hydrogen (secondary N) is 1. The van der Waals surface area contributed by atoms with Crippen LogP contribution in [0.4, 0.5) is 5.69 Å². The van der Waals surface area contributed by atoms with Crippen molar-refractivity contribution in [2.24, 2.45) is 5.73 Å². The third-order valence-electron chi connectivity index (χ3n) is 6.55. The lowest BCUT2D eigenvalue weighted by atomic mass is 9.96. The molecule has 180 valence electrons. The molecular formula is C24H28N4O5S. The molecule has 10 heteroatoms. The number of carbonyl (C=O) groups is 2. The van der Waals surface area contributed by atoms with Crippen LogP contribution >= 0.6 is 0 Å². The molecule has 3 N–H and O–H groups in total. The predicted octanol–water partition coefficient (Wildman–Crippen LogP) is 1.27. The van der Waals surface area contributed by atoms with Gasteiger partial charge in [-0.2, -0.15) is 0 Å². The molecule has 0 bridgehead atoms. The first-order chi connectivity index (χ1) is 16.2. The van der Waals surface area contributed by atoms with Gasteiger partial charge in [-0.15, -0.1) is 0 Å². The van der Waals surface area contributed by atoms with E-state index in [0.29, 0.717) is 50.3 Å². The fourth-order valence-electron chi connectivity index (χ4n) is 4.25. The number of sulfonamides is 1. The Kier molecular flexibility index (Phi) is 5.83. The zero-order chi connectivity index (χ0) is 23.9. The molecule has 0 unspecified atom stereocenters. The molecule has 0 radical (unpaired) electrons. The standard InChI is InChI=1S/C24H28N4O5S/c25-24(15-33-16-24)23(30)28-12-10-27(11-13-28)22(29)18-6-4-17(5-7-18)19-2-1-3-20(14-19)26-34(31,32)21-8-9-21/h1-7,14,21,26H,8-13,15-16,25H2. The number of carbonyl (C=O) groups excluding carboxylic acids is 2. The minimum Gasteiger partial charge on any atom is -0.376 e. The molecule has 3 aliphatic rings. The van der Waals surface area contributed by atoms with E-state index in [0.717, 1.165) is 11.1 Å². The van der Waals surface area contributed by atoms with E-state index in [1.807, 2.05) is 18.2 Å². The monoisotopic (exact) mass is 484 g/mol. The number of amides is 2. The second-order valence-corrected chi connectivity index (χ2v) is 11.2. The summed E-state index contributed by atoms with van der Waals surface area (Å²) in [7, 11) is -3.32. The third kappa shape index (κ3) is 4.53. The van der Waals surface area contributed by atoms with Crippen molar-refractivity contribution < 1.29 is 22.7 Å². The van der Waals surface area contributed by atoms with Crippen molar-refractivity contribution in [3.8, 4) is 11.1 Å². The van der Waals surface area contributed by atoms with E-state index in [9.17, 15) is 18.0 Å². The average Bonchev–Trinajstić information content (AvgIpc) is 3.68. The second kappa shape index (κ2) is 8.68. The van der Waals surface area contributed by atoms with Gasteiger partial charge in [-0.25, -0.2) is 8.42 Å². The number of piperazine rings is 1. The Labute approximate surface area is 198 Å². The number of hydrogen-bond acceptors (Lipinski definition) is 6. The molecule has 34 heavy (non-hydrogen) atoms. The summed E-state index contributed by atoms with van der Waals surface area (Å²) < 4.78 is 32.2. The molecule has 0 spiro atoms. The Balaban J connectivity index is 1.21. The zero-order valence-electron chi connectivity index (χ0n) is 18.8. The van der Waals surface area contributed by atoms with Gasteiger partial charge in [0.2, 0.25) is 15.9 Å². The molecule has 2 aromatic rings. The summed E-state index contributed by atoms with van der Waals surface area (Å²) in [5.74, 6) is -0.198. The van der Waals surface area contributed by atoms with E-state index in [2.05, 4.69) is 4.72 Å². The molecule has 1 saturated carbocycles. The molecule has 1 aliphatic carbocycles. The number of anilines is 1. The molecule has 5 rings (SSSR count). The maximum atomic E-state index is 13.0. The fraction of sp³-hybridized carbons (Fsp3) is 0.417. The Morgan fingerprint density at radius 1 is 0.941 bits per heavy atom. The largest absolute Gasteiger partial charge is 0.376 e. The van der Waals surface area contributed by atoms with Crippen molar-refractivity contribution in [2.45, 2.75) is 23.6 Å². The maximum Gasteiger partial charge on any atom is 0.253 e. The normalized spacial score (nSPS) is 19.9. The van der Waals surface area contributed by atoms with Crippen LogP contribution in [0, 0.1) is 0 Å². The molecule has 2 amide bonds. The minimum atomic E-state index is -3.32. The number of rotatable bonds is 6. The highest BCUT2D eigenvalue weighted by atomic mass is 32.2. The Bertz CT molecular complexity index is 1200. The van der Waals surface area contributed by atoms with E-state index in [4.69, 9.17) is 10.5 Å². The molecule has 0 aromatic heterocycles. The summed E-state index contributed by atoms with van der Waals surface area (Å²) in [5.41, 5.74) is 7.97. The molecule has 2 heterocycles. The molecule has 9 nitrogen and oxygen atoms in total.